The maximum atomic E-state index is 13.1. The van der Waals surface area contributed by atoms with Crippen LogP contribution in [0.5, 0.6) is 0 Å². The summed E-state index contributed by atoms with van der Waals surface area (Å²) in [7, 11) is 1.33. The van der Waals surface area contributed by atoms with E-state index in [0.29, 0.717) is 39.6 Å². The molecule has 0 radical (unpaired) electrons. The van der Waals surface area contributed by atoms with Crippen LogP contribution in [-0.2, 0) is 15.3 Å². The molecule has 32 heavy (non-hydrogen) atoms. The SMILES string of the molecule is COC(=O)CCCC(=O)n1c2ccccc2c2nnc(SCc3ccccc3C#N)nc21. The predicted octanol–water partition coefficient (Wildman–Crippen LogP) is 4.13. The minimum absolute atomic E-state index is 0.172. The third-order valence-electron chi connectivity index (χ3n) is 5.00. The summed E-state index contributed by atoms with van der Waals surface area (Å²) in [6.45, 7) is 0. The van der Waals surface area contributed by atoms with E-state index in [0.717, 1.165) is 10.9 Å². The van der Waals surface area contributed by atoms with Gasteiger partial charge in [0.25, 0.3) is 0 Å². The first-order valence-corrected chi connectivity index (χ1v) is 11.0. The zero-order chi connectivity index (χ0) is 22.5. The van der Waals surface area contributed by atoms with E-state index in [4.69, 9.17) is 0 Å². The summed E-state index contributed by atoms with van der Waals surface area (Å²) in [6, 6.07) is 17.0. The number of methoxy groups -OCH3 is 1. The second kappa shape index (κ2) is 9.58. The van der Waals surface area contributed by atoms with Gasteiger partial charge in [-0.1, -0.05) is 48.2 Å². The molecule has 0 aliphatic rings. The van der Waals surface area contributed by atoms with Crippen LogP contribution in [0.2, 0.25) is 0 Å². The number of fused-ring (bicyclic) bond motifs is 3. The first-order chi connectivity index (χ1) is 15.6. The number of hydrogen-bond acceptors (Lipinski definition) is 8. The van der Waals surface area contributed by atoms with Crippen molar-refractivity contribution in [2.75, 3.05) is 7.11 Å². The summed E-state index contributed by atoms with van der Waals surface area (Å²) in [6.07, 6.45) is 0.724. The molecule has 0 spiro atoms. The van der Waals surface area contributed by atoms with Crippen LogP contribution < -0.4 is 0 Å². The highest BCUT2D eigenvalue weighted by atomic mass is 32.2. The second-order valence-electron chi connectivity index (χ2n) is 7.00. The van der Waals surface area contributed by atoms with Gasteiger partial charge in [0.05, 0.1) is 24.3 Å². The number of ether oxygens (including phenoxy) is 1. The van der Waals surface area contributed by atoms with E-state index >= 15 is 0 Å². The van der Waals surface area contributed by atoms with Crippen LogP contribution in [0.15, 0.2) is 53.7 Å². The molecule has 160 valence electrons. The Labute approximate surface area is 188 Å². The zero-order valence-electron chi connectivity index (χ0n) is 17.3. The van der Waals surface area contributed by atoms with Crippen LogP contribution in [0.4, 0.5) is 0 Å². The van der Waals surface area contributed by atoms with Crippen LogP contribution in [0.1, 0.15) is 35.2 Å². The molecule has 2 aromatic heterocycles. The number of benzene rings is 2. The van der Waals surface area contributed by atoms with Crippen molar-refractivity contribution >= 4 is 45.7 Å². The Balaban J connectivity index is 1.66. The molecule has 0 fully saturated rings. The van der Waals surface area contributed by atoms with Crippen LogP contribution in [0.25, 0.3) is 22.1 Å². The lowest BCUT2D eigenvalue weighted by Gasteiger charge is -2.06. The third-order valence-corrected chi connectivity index (χ3v) is 5.89. The average molecular weight is 446 g/mol. The van der Waals surface area contributed by atoms with E-state index < -0.39 is 0 Å². The maximum Gasteiger partial charge on any atom is 0.305 e. The van der Waals surface area contributed by atoms with Gasteiger partial charge in [-0.2, -0.15) is 5.26 Å². The summed E-state index contributed by atoms with van der Waals surface area (Å²) in [5, 5.41) is 19.1. The summed E-state index contributed by atoms with van der Waals surface area (Å²) in [4.78, 5) is 29.1. The minimum Gasteiger partial charge on any atom is -0.469 e. The highest BCUT2D eigenvalue weighted by molar-refractivity contribution is 7.98. The van der Waals surface area contributed by atoms with Crippen molar-refractivity contribution in [3.05, 3.63) is 59.7 Å². The van der Waals surface area contributed by atoms with Crippen molar-refractivity contribution in [2.45, 2.75) is 30.2 Å². The molecule has 4 aromatic rings. The van der Waals surface area contributed by atoms with Crippen LogP contribution >= 0.6 is 11.8 Å². The molecular weight excluding hydrogens is 426 g/mol. The van der Waals surface area contributed by atoms with Gasteiger partial charge in [0.1, 0.15) is 5.52 Å². The molecule has 4 rings (SSSR count). The molecular formula is C23H19N5O3S. The van der Waals surface area contributed by atoms with Gasteiger partial charge in [0, 0.05) is 24.0 Å². The molecule has 9 heteroatoms. The fourth-order valence-electron chi connectivity index (χ4n) is 3.43. The third kappa shape index (κ3) is 4.31. The molecule has 0 bridgehead atoms. The van der Waals surface area contributed by atoms with Crippen molar-refractivity contribution in [1.29, 1.82) is 5.26 Å². The van der Waals surface area contributed by atoms with Crippen LogP contribution in [0.3, 0.4) is 0 Å². The van der Waals surface area contributed by atoms with Crippen molar-refractivity contribution in [3.8, 4) is 6.07 Å². The molecule has 0 N–H and O–H groups in total. The maximum absolute atomic E-state index is 13.1. The van der Waals surface area contributed by atoms with Gasteiger partial charge in [0.15, 0.2) is 5.65 Å². The second-order valence-corrected chi connectivity index (χ2v) is 7.94. The van der Waals surface area contributed by atoms with E-state index in [9.17, 15) is 14.9 Å². The fourth-order valence-corrected chi connectivity index (χ4v) is 4.21. The number of rotatable bonds is 7. The molecule has 0 saturated heterocycles. The topological polar surface area (TPSA) is 111 Å². The number of carbonyl (C=O) groups is 2. The van der Waals surface area contributed by atoms with E-state index in [1.807, 2.05) is 42.5 Å². The summed E-state index contributed by atoms with van der Waals surface area (Å²) >= 11 is 1.35. The summed E-state index contributed by atoms with van der Waals surface area (Å²) < 4.78 is 6.19. The van der Waals surface area contributed by atoms with Gasteiger partial charge in [0.2, 0.25) is 11.1 Å². The van der Waals surface area contributed by atoms with Crippen LogP contribution in [-0.4, -0.2) is 38.7 Å². The fraction of sp³-hybridized carbons (Fsp3) is 0.217. The van der Waals surface area contributed by atoms with E-state index in [1.165, 1.54) is 18.9 Å². The molecule has 0 atom stereocenters. The first-order valence-electron chi connectivity index (χ1n) is 9.97. The first kappa shape index (κ1) is 21.5. The summed E-state index contributed by atoms with van der Waals surface area (Å²) in [5.74, 6) is -0.0174. The van der Waals surface area contributed by atoms with Crippen LogP contribution in [0, 0.1) is 11.3 Å². The number of carbonyl (C=O) groups excluding carboxylic acids is 2. The van der Waals surface area contributed by atoms with Crippen molar-refractivity contribution in [3.63, 3.8) is 0 Å². The quantitative estimate of drug-likeness (QED) is 0.308. The Morgan fingerprint density at radius 2 is 1.88 bits per heavy atom. The Hall–Kier alpha value is -3.77. The minimum atomic E-state index is -0.347. The zero-order valence-corrected chi connectivity index (χ0v) is 18.1. The summed E-state index contributed by atoms with van der Waals surface area (Å²) in [5.41, 5.74) is 3.15. The van der Waals surface area contributed by atoms with E-state index in [-0.39, 0.29) is 24.7 Å². The Kier molecular flexibility index (Phi) is 6.42. The Morgan fingerprint density at radius 1 is 1.09 bits per heavy atom. The van der Waals surface area contributed by atoms with Crippen molar-refractivity contribution in [1.82, 2.24) is 19.7 Å². The van der Waals surface area contributed by atoms with Gasteiger partial charge in [-0.3, -0.25) is 14.2 Å². The normalized spacial score (nSPS) is 10.9. The largest absolute Gasteiger partial charge is 0.469 e. The number of aromatic nitrogens is 4. The average Bonchev–Trinajstić information content (AvgIpc) is 3.16. The number of nitrogens with zero attached hydrogens (tertiary/aromatic N) is 5. The van der Waals surface area contributed by atoms with Gasteiger partial charge in [-0.25, -0.2) is 4.98 Å². The lowest BCUT2D eigenvalue weighted by atomic mass is 10.1. The molecule has 2 heterocycles. The molecule has 0 saturated carbocycles. The molecule has 0 amide bonds. The van der Waals surface area contributed by atoms with Gasteiger partial charge in [-0.05, 0) is 24.1 Å². The highest BCUT2D eigenvalue weighted by Gasteiger charge is 2.19. The molecule has 0 aliphatic heterocycles. The van der Waals surface area contributed by atoms with Crippen molar-refractivity contribution in [2.24, 2.45) is 0 Å². The number of hydrogen-bond donors (Lipinski definition) is 0. The number of esters is 1. The molecule has 0 unspecified atom stereocenters. The Morgan fingerprint density at radius 3 is 2.69 bits per heavy atom. The molecule has 8 nitrogen and oxygen atoms in total. The number of nitriles is 1. The Bertz CT molecular complexity index is 1360. The lowest BCUT2D eigenvalue weighted by molar-refractivity contribution is -0.140. The molecule has 2 aromatic carbocycles. The van der Waals surface area contributed by atoms with Gasteiger partial charge < -0.3 is 4.74 Å². The highest BCUT2D eigenvalue weighted by Crippen LogP contribution is 2.28. The van der Waals surface area contributed by atoms with Crippen molar-refractivity contribution < 1.29 is 14.3 Å². The number of para-hydroxylation sites is 1. The number of thioether (sulfide) groups is 1. The molecule has 0 aliphatic carbocycles. The lowest BCUT2D eigenvalue weighted by Crippen LogP contribution is -2.12. The van der Waals surface area contributed by atoms with E-state index in [1.54, 1.807) is 10.6 Å². The van der Waals surface area contributed by atoms with E-state index in [2.05, 4.69) is 26.0 Å². The smallest absolute Gasteiger partial charge is 0.305 e. The van der Waals surface area contributed by atoms with Gasteiger partial charge in [-0.15, -0.1) is 10.2 Å². The standard InChI is InChI=1S/C23H19N5O3S/c1-31-20(30)12-6-11-19(29)28-18-10-5-4-9-17(18)21-22(28)25-23(27-26-21)32-14-16-8-3-2-7-15(16)13-24/h2-5,7-10H,6,11-12,14H2,1H3. The monoisotopic (exact) mass is 445 g/mol. The predicted molar refractivity (Wildman–Crippen MR) is 120 cm³/mol. The van der Waals surface area contributed by atoms with Gasteiger partial charge >= 0.3 is 5.97 Å².